The normalized spacial score (nSPS) is 22.7. The van der Waals surface area contributed by atoms with Crippen molar-refractivity contribution in [2.75, 3.05) is 26.7 Å². The fraction of sp³-hybridized carbons (Fsp3) is 0.500. The van der Waals surface area contributed by atoms with Crippen molar-refractivity contribution in [1.82, 2.24) is 10.2 Å². The molecular weight excluding hydrogens is 264 g/mol. The van der Waals surface area contributed by atoms with Gasteiger partial charge in [0.15, 0.2) is 0 Å². The van der Waals surface area contributed by atoms with E-state index < -0.39 is 0 Å². The average molecular weight is 285 g/mol. The highest BCUT2D eigenvalue weighted by Gasteiger charge is 2.29. The Labute approximate surface area is 120 Å². The number of hydrogen-bond donors (Lipinski definition) is 1. The first-order chi connectivity index (χ1) is 8.72. The van der Waals surface area contributed by atoms with Gasteiger partial charge in [-0.25, -0.2) is 0 Å². The fourth-order valence-corrected chi connectivity index (χ4v) is 2.23. The topological polar surface area (TPSA) is 41.6 Å². The molecule has 0 bridgehead atoms. The minimum atomic E-state index is -0.0109. The predicted octanol–water partition coefficient (Wildman–Crippen LogP) is 1.62. The molecule has 2 unspecified atom stereocenters. The number of likely N-dealkylation sites (N-methyl/N-ethyl adjacent to an activating group) is 1. The Bertz CT molecular complexity index is 400. The van der Waals surface area contributed by atoms with Gasteiger partial charge in [0, 0.05) is 0 Å². The first kappa shape index (κ1) is 16.0. The Morgan fingerprint density at radius 1 is 1.42 bits per heavy atom. The first-order valence-corrected chi connectivity index (χ1v) is 6.33. The van der Waals surface area contributed by atoms with Crippen molar-refractivity contribution >= 4 is 18.3 Å². The molecule has 19 heavy (non-hydrogen) atoms. The van der Waals surface area contributed by atoms with Crippen LogP contribution < -0.4 is 5.32 Å². The summed E-state index contributed by atoms with van der Waals surface area (Å²) in [4.78, 5) is 13.9. The van der Waals surface area contributed by atoms with Crippen LogP contribution in [0.4, 0.5) is 0 Å². The van der Waals surface area contributed by atoms with Gasteiger partial charge in [-0.05, 0) is 19.5 Å². The van der Waals surface area contributed by atoms with Gasteiger partial charge in [-0.1, -0.05) is 30.3 Å². The maximum atomic E-state index is 12.0. The quantitative estimate of drug-likeness (QED) is 0.917. The zero-order valence-electron chi connectivity index (χ0n) is 11.3. The third-order valence-electron chi connectivity index (χ3n) is 3.25. The van der Waals surface area contributed by atoms with Gasteiger partial charge in [0.05, 0.1) is 25.7 Å². The zero-order valence-corrected chi connectivity index (χ0v) is 12.2. The molecule has 1 fully saturated rings. The lowest BCUT2D eigenvalue weighted by molar-refractivity contribution is -0.143. The van der Waals surface area contributed by atoms with Crippen molar-refractivity contribution < 1.29 is 9.53 Å². The Balaban J connectivity index is 0.00000180. The molecule has 1 aliphatic heterocycles. The molecule has 1 aromatic rings. The van der Waals surface area contributed by atoms with Crippen molar-refractivity contribution in [2.24, 2.45) is 0 Å². The van der Waals surface area contributed by atoms with Crippen LogP contribution in [0.25, 0.3) is 0 Å². The Morgan fingerprint density at radius 3 is 2.74 bits per heavy atom. The molecule has 0 aliphatic carbocycles. The Hall–Kier alpha value is -1.10. The largest absolute Gasteiger partial charge is 0.370 e. The summed E-state index contributed by atoms with van der Waals surface area (Å²) in [6.45, 7) is 3.63. The van der Waals surface area contributed by atoms with Gasteiger partial charge in [-0.3, -0.25) is 4.79 Å². The van der Waals surface area contributed by atoms with Gasteiger partial charge < -0.3 is 15.0 Å². The number of carbonyl (C=O) groups is 1. The van der Waals surface area contributed by atoms with Crippen molar-refractivity contribution in [3.05, 3.63) is 35.9 Å². The lowest BCUT2D eigenvalue weighted by atomic mass is 10.1. The molecule has 0 saturated carbocycles. The third-order valence-corrected chi connectivity index (χ3v) is 3.25. The van der Waals surface area contributed by atoms with Gasteiger partial charge in [0.2, 0.25) is 5.91 Å². The molecule has 106 valence electrons. The summed E-state index contributed by atoms with van der Waals surface area (Å²) in [5.74, 6) is 0.134. The number of carbonyl (C=O) groups excluding carboxylic acids is 1. The van der Waals surface area contributed by atoms with Crippen LogP contribution in [0.2, 0.25) is 0 Å². The third kappa shape index (κ3) is 3.93. The number of hydrogen-bond acceptors (Lipinski definition) is 3. The summed E-state index contributed by atoms with van der Waals surface area (Å²) >= 11 is 0. The van der Waals surface area contributed by atoms with Gasteiger partial charge in [0.1, 0.15) is 6.10 Å². The number of nitrogens with zero attached hydrogens (tertiary/aromatic N) is 1. The molecule has 1 N–H and O–H groups in total. The fourth-order valence-electron chi connectivity index (χ4n) is 2.23. The average Bonchev–Trinajstić information content (AvgIpc) is 2.40. The van der Waals surface area contributed by atoms with Crippen molar-refractivity contribution in [2.45, 2.75) is 19.1 Å². The smallest absolute Gasteiger partial charge is 0.236 e. The van der Waals surface area contributed by atoms with E-state index in [1.807, 2.05) is 42.2 Å². The van der Waals surface area contributed by atoms with Crippen LogP contribution >= 0.6 is 12.4 Å². The molecular formula is C14H21ClN2O2. The molecule has 0 aromatic heterocycles. The number of benzene rings is 1. The number of halogens is 1. The number of amides is 1. The van der Waals surface area contributed by atoms with Crippen LogP contribution in [0.5, 0.6) is 0 Å². The van der Waals surface area contributed by atoms with Gasteiger partial charge in [0.25, 0.3) is 0 Å². The first-order valence-electron chi connectivity index (χ1n) is 6.33. The summed E-state index contributed by atoms with van der Waals surface area (Å²) in [5.41, 5.74) is 1.13. The zero-order chi connectivity index (χ0) is 13.0. The van der Waals surface area contributed by atoms with Crippen LogP contribution in [0.3, 0.4) is 0 Å². The van der Waals surface area contributed by atoms with E-state index in [1.165, 1.54) is 0 Å². The van der Waals surface area contributed by atoms with Crippen LogP contribution in [0.15, 0.2) is 30.3 Å². The molecule has 1 amide bonds. The van der Waals surface area contributed by atoms with E-state index in [9.17, 15) is 4.79 Å². The lowest BCUT2D eigenvalue weighted by Crippen LogP contribution is -2.50. The van der Waals surface area contributed by atoms with Crippen molar-refractivity contribution in [3.8, 4) is 0 Å². The van der Waals surface area contributed by atoms with E-state index in [4.69, 9.17) is 4.74 Å². The molecule has 1 heterocycles. The molecule has 0 spiro atoms. The maximum Gasteiger partial charge on any atom is 0.236 e. The standard InChI is InChI=1S/C14H20N2O2.ClH/c1-11-10-18-13(12-6-4-3-5-7-12)9-16(11)14(17)8-15-2;/h3-7,11,13,15H,8-10H2,1-2H3;1H. The molecule has 5 heteroatoms. The summed E-state index contributed by atoms with van der Waals surface area (Å²) < 4.78 is 5.82. The second-order valence-electron chi connectivity index (χ2n) is 4.66. The van der Waals surface area contributed by atoms with Gasteiger partial charge in [-0.2, -0.15) is 0 Å². The monoisotopic (exact) mass is 284 g/mol. The van der Waals surface area contributed by atoms with Crippen LogP contribution in [0, 0.1) is 0 Å². The molecule has 1 aromatic carbocycles. The number of morpholine rings is 1. The Kier molecular flexibility index (Phi) is 6.28. The van der Waals surface area contributed by atoms with E-state index in [1.54, 1.807) is 7.05 Å². The molecule has 1 aliphatic rings. The number of rotatable bonds is 3. The van der Waals surface area contributed by atoms with E-state index >= 15 is 0 Å². The number of nitrogens with one attached hydrogen (secondary N) is 1. The van der Waals surface area contributed by atoms with E-state index in [0.717, 1.165) is 5.56 Å². The molecule has 1 saturated heterocycles. The van der Waals surface area contributed by atoms with Crippen molar-refractivity contribution in [3.63, 3.8) is 0 Å². The van der Waals surface area contributed by atoms with Crippen LogP contribution in [-0.4, -0.2) is 43.6 Å². The molecule has 2 rings (SSSR count). The highest BCUT2D eigenvalue weighted by atomic mass is 35.5. The van der Waals surface area contributed by atoms with Crippen molar-refractivity contribution in [1.29, 1.82) is 0 Å². The molecule has 2 atom stereocenters. The number of ether oxygens (including phenoxy) is 1. The second kappa shape index (κ2) is 7.48. The maximum absolute atomic E-state index is 12.0. The summed E-state index contributed by atoms with van der Waals surface area (Å²) in [6.07, 6.45) is -0.0109. The van der Waals surface area contributed by atoms with E-state index in [-0.39, 0.29) is 30.5 Å². The second-order valence-corrected chi connectivity index (χ2v) is 4.66. The summed E-state index contributed by atoms with van der Waals surface area (Å²) in [7, 11) is 1.79. The van der Waals surface area contributed by atoms with Crippen LogP contribution in [0.1, 0.15) is 18.6 Å². The van der Waals surface area contributed by atoms with Crippen LogP contribution in [-0.2, 0) is 9.53 Å². The minimum absolute atomic E-state index is 0. The lowest BCUT2D eigenvalue weighted by Gasteiger charge is -2.38. The Morgan fingerprint density at radius 2 is 2.11 bits per heavy atom. The summed E-state index contributed by atoms with van der Waals surface area (Å²) in [5, 5.41) is 2.91. The van der Waals surface area contributed by atoms with E-state index in [2.05, 4.69) is 5.32 Å². The highest BCUT2D eigenvalue weighted by molar-refractivity contribution is 5.85. The van der Waals surface area contributed by atoms with E-state index in [0.29, 0.717) is 19.7 Å². The van der Waals surface area contributed by atoms with Gasteiger partial charge in [-0.15, -0.1) is 12.4 Å². The highest BCUT2D eigenvalue weighted by Crippen LogP contribution is 2.24. The molecule has 0 radical (unpaired) electrons. The minimum Gasteiger partial charge on any atom is -0.370 e. The SMILES string of the molecule is CNCC(=O)N1CC(c2ccccc2)OCC1C.Cl. The van der Waals surface area contributed by atoms with Gasteiger partial charge >= 0.3 is 0 Å². The predicted molar refractivity (Wildman–Crippen MR) is 77.5 cm³/mol. The molecule has 4 nitrogen and oxygen atoms in total. The summed E-state index contributed by atoms with van der Waals surface area (Å²) in [6, 6.07) is 10.2.